The molecule has 0 atom stereocenters. The van der Waals surface area contributed by atoms with Gasteiger partial charge in [0.25, 0.3) is 0 Å². The fraction of sp³-hybridized carbons (Fsp3) is 0.500. The molecule has 0 aromatic heterocycles. The van der Waals surface area contributed by atoms with Crippen LogP contribution in [0.25, 0.3) is 0 Å². The Bertz CT molecular complexity index is 1160. The van der Waals surface area contributed by atoms with E-state index in [4.69, 9.17) is 10.5 Å². The Hall–Kier alpha value is -1.07. The highest BCUT2D eigenvalue weighted by atomic mass is 31.2. The lowest BCUT2D eigenvalue weighted by Crippen LogP contribution is -2.51. The first-order valence-electron chi connectivity index (χ1n) is 12.2. The van der Waals surface area contributed by atoms with Crippen LogP contribution in [0.5, 0.6) is 0 Å². The molecule has 0 bridgehead atoms. The predicted molar refractivity (Wildman–Crippen MR) is 148 cm³/mol. The summed E-state index contributed by atoms with van der Waals surface area (Å²) in [6.07, 6.45) is 0.485. The minimum Gasteiger partial charge on any atom is -0.394 e. The first-order valence-corrected chi connectivity index (χ1v) is 17.2. The Morgan fingerprint density at radius 3 is 1.56 bits per heavy atom. The monoisotopic (exact) mass is 609 g/mol. The molecule has 2 aromatic carbocycles. The van der Waals surface area contributed by atoms with Crippen LogP contribution >= 0.6 is 23.6 Å². The summed E-state index contributed by atoms with van der Waals surface area (Å²) in [5, 5.41) is 18.7. The van der Waals surface area contributed by atoms with Gasteiger partial charge in [-0.05, 0) is 59.1 Å². The molecule has 2 rings (SSSR count). The van der Waals surface area contributed by atoms with E-state index in [2.05, 4.69) is 0 Å². The maximum Gasteiger partial charge on any atom is 0.325 e. The molecule has 12 nitrogen and oxygen atoms in total. The van der Waals surface area contributed by atoms with Gasteiger partial charge in [0.15, 0.2) is 8.38 Å². The van der Waals surface area contributed by atoms with Crippen LogP contribution in [0.1, 0.15) is 33.4 Å². The van der Waals surface area contributed by atoms with Crippen LogP contribution in [0.4, 0.5) is 0 Å². The number of rotatable bonds is 17. The van der Waals surface area contributed by atoms with E-state index in [0.717, 1.165) is 16.7 Å². The number of aliphatic hydroxyl groups is 2. The maximum absolute atomic E-state index is 11.4. The van der Waals surface area contributed by atoms with E-state index in [9.17, 15) is 48.7 Å². The molecule has 0 saturated carbocycles. The zero-order chi connectivity index (χ0) is 29.3. The van der Waals surface area contributed by atoms with Gasteiger partial charge in [-0.2, -0.15) is 0 Å². The average molecular weight is 609 g/mol. The van der Waals surface area contributed by atoms with E-state index in [1.54, 1.807) is 12.1 Å². The van der Waals surface area contributed by atoms with Crippen molar-refractivity contribution >= 4 is 23.6 Å². The molecule has 0 heterocycles. The summed E-state index contributed by atoms with van der Waals surface area (Å²) in [5.41, 5.74) is 8.99. The number of aliphatic hydroxyl groups excluding tert-OH is 2. The summed E-state index contributed by atoms with van der Waals surface area (Å²) in [7, 11) is -10.6. The van der Waals surface area contributed by atoms with Crippen molar-refractivity contribution in [3.05, 3.63) is 69.8 Å². The molecule has 10 N–H and O–H groups in total. The van der Waals surface area contributed by atoms with Crippen molar-refractivity contribution in [2.75, 3.05) is 38.3 Å². The molecule has 0 amide bonds. The number of hydrogen-bond acceptors (Lipinski definition) is 8. The molecule has 0 saturated heterocycles. The second-order valence-electron chi connectivity index (χ2n) is 9.79. The van der Waals surface area contributed by atoms with Gasteiger partial charge in [-0.1, -0.05) is 36.4 Å². The lowest BCUT2D eigenvalue weighted by atomic mass is 9.95. The molecular weight excluding hydrogens is 571 g/mol. The molecular formula is C24H38NO11P3. The van der Waals surface area contributed by atoms with E-state index in [1.807, 2.05) is 24.3 Å². The number of ether oxygens (including phenoxy) is 1. The van der Waals surface area contributed by atoms with Crippen molar-refractivity contribution in [1.82, 2.24) is 0 Å². The van der Waals surface area contributed by atoms with Crippen LogP contribution in [0.3, 0.4) is 0 Å². The molecule has 0 aliphatic heterocycles. The fourth-order valence-electron chi connectivity index (χ4n) is 3.93. The van der Waals surface area contributed by atoms with Gasteiger partial charge in [-0.15, -0.1) is 0 Å². The molecule has 0 aliphatic carbocycles. The highest BCUT2D eigenvalue weighted by molar-refractivity contribution is 7.52. The fourth-order valence-corrected chi connectivity index (χ4v) is 5.48. The third-order valence-electron chi connectivity index (χ3n) is 5.91. The van der Waals surface area contributed by atoms with Gasteiger partial charge in [0.2, 0.25) is 0 Å². The third-order valence-corrected chi connectivity index (χ3v) is 8.14. The molecule has 0 unspecified atom stereocenters. The molecule has 0 fully saturated rings. The summed E-state index contributed by atoms with van der Waals surface area (Å²) in [6, 6.07) is 10.9. The minimum atomic E-state index is -4.24. The van der Waals surface area contributed by atoms with Crippen LogP contribution < -0.4 is 5.73 Å². The Morgan fingerprint density at radius 1 is 0.718 bits per heavy atom. The first kappa shape index (κ1) is 34.1. The van der Waals surface area contributed by atoms with Crippen LogP contribution in [-0.4, -0.2) is 83.4 Å². The van der Waals surface area contributed by atoms with Crippen LogP contribution in [0.2, 0.25) is 0 Å². The standard InChI is InChI=1S/C24H38NO11P3/c25-24(15-26,16-27)17-36-14-23-11-20(3-6-39(33,34)35)10-22(13-23)12-21-8-18(1-4-37(28)29)7-19(9-21)2-5-38(30,31)32/h7-11,13,26-29H,1-6,12,14-17,25H2,(H2,30,31,32)(H2,33,34,35). The summed E-state index contributed by atoms with van der Waals surface area (Å²) in [4.78, 5) is 55.9. The number of aryl methyl sites for hydroxylation is 3. The van der Waals surface area contributed by atoms with Crippen molar-refractivity contribution in [1.29, 1.82) is 0 Å². The maximum atomic E-state index is 11.4. The summed E-state index contributed by atoms with van der Waals surface area (Å²) >= 11 is 0. The topological polar surface area (TPSA) is 231 Å². The van der Waals surface area contributed by atoms with Gasteiger partial charge < -0.3 is 50.0 Å². The number of benzene rings is 2. The molecule has 2 aromatic rings. The van der Waals surface area contributed by atoms with Gasteiger partial charge >= 0.3 is 15.2 Å². The molecule has 220 valence electrons. The Kier molecular flexibility index (Phi) is 13.3. The van der Waals surface area contributed by atoms with Crippen molar-refractivity contribution in [2.45, 2.75) is 37.8 Å². The third kappa shape index (κ3) is 13.9. The van der Waals surface area contributed by atoms with E-state index >= 15 is 0 Å². The normalized spacial score (nSPS) is 12.9. The van der Waals surface area contributed by atoms with Crippen molar-refractivity contribution < 1.29 is 53.4 Å². The molecule has 0 aliphatic rings. The molecule has 15 heteroatoms. The Balaban J connectivity index is 2.35. The predicted octanol–water partition coefficient (Wildman–Crippen LogP) is 0.756. The largest absolute Gasteiger partial charge is 0.394 e. The van der Waals surface area contributed by atoms with E-state index in [-0.39, 0.29) is 44.5 Å². The van der Waals surface area contributed by atoms with Gasteiger partial charge in [0.1, 0.15) is 0 Å². The van der Waals surface area contributed by atoms with Gasteiger partial charge in [-0.25, -0.2) is 0 Å². The highest BCUT2D eigenvalue weighted by Crippen LogP contribution is 2.36. The van der Waals surface area contributed by atoms with Crippen molar-refractivity contribution in [2.24, 2.45) is 5.73 Å². The summed E-state index contributed by atoms with van der Waals surface area (Å²) < 4.78 is 28.5. The number of nitrogens with two attached hydrogens (primary N) is 1. The highest BCUT2D eigenvalue weighted by Gasteiger charge is 2.23. The van der Waals surface area contributed by atoms with Crippen molar-refractivity contribution in [3.63, 3.8) is 0 Å². The summed E-state index contributed by atoms with van der Waals surface area (Å²) in [6.45, 7) is -1.01. The van der Waals surface area contributed by atoms with E-state index < -0.39 is 42.3 Å². The molecule has 39 heavy (non-hydrogen) atoms. The van der Waals surface area contributed by atoms with Crippen LogP contribution in [-0.2, 0) is 46.2 Å². The lowest BCUT2D eigenvalue weighted by molar-refractivity contribution is 0.0180. The molecule has 0 spiro atoms. The second-order valence-corrected chi connectivity index (χ2v) is 14.5. The van der Waals surface area contributed by atoms with Gasteiger partial charge in [0, 0.05) is 6.16 Å². The first-order chi connectivity index (χ1) is 18.1. The zero-order valence-electron chi connectivity index (χ0n) is 21.5. The van der Waals surface area contributed by atoms with E-state index in [1.165, 1.54) is 0 Å². The lowest BCUT2D eigenvalue weighted by Gasteiger charge is -2.24. The van der Waals surface area contributed by atoms with Gasteiger partial charge in [0.05, 0.1) is 44.3 Å². The summed E-state index contributed by atoms with van der Waals surface area (Å²) in [5.74, 6) is 0. The van der Waals surface area contributed by atoms with Gasteiger partial charge in [-0.3, -0.25) is 9.13 Å². The van der Waals surface area contributed by atoms with Crippen molar-refractivity contribution in [3.8, 4) is 0 Å². The van der Waals surface area contributed by atoms with E-state index in [0.29, 0.717) is 29.5 Å². The van der Waals surface area contributed by atoms with Crippen LogP contribution in [0, 0.1) is 0 Å². The Morgan fingerprint density at radius 2 is 1.13 bits per heavy atom. The number of hydrogen-bond donors (Lipinski definition) is 9. The molecule has 0 radical (unpaired) electrons. The minimum absolute atomic E-state index is 0.0693. The SMILES string of the molecule is NC(CO)(CO)COCc1cc(CCP(=O)(O)O)cc(Cc2cc(CCP(O)O)cc(CCP(=O)(O)O)c2)c1. The smallest absolute Gasteiger partial charge is 0.325 e. The zero-order valence-corrected chi connectivity index (χ0v) is 24.1. The quantitative estimate of drug-likeness (QED) is 0.113. The second kappa shape index (κ2) is 15.2. The Labute approximate surface area is 228 Å². The van der Waals surface area contributed by atoms with Crippen LogP contribution in [0.15, 0.2) is 36.4 Å². The average Bonchev–Trinajstić information content (AvgIpc) is 2.84.